The number of hydrogen-bond acceptors (Lipinski definition) is 6. The summed E-state index contributed by atoms with van der Waals surface area (Å²) in [6.45, 7) is 7.96. The standard InChI is InChI=1S/C20H31N3O5S/c1-4-17(5-2)21-19(24)15-22-11-13-23(14-12-22)29(26,27)18-9-7-16(8-10-18)20(25)28-6-3/h7-10,17H,4-6,11-15H2,1-3H3,(H,21,24). The molecule has 0 aliphatic carbocycles. The Bertz CT molecular complexity index is 783. The number of esters is 1. The molecule has 1 aromatic rings. The van der Waals surface area contributed by atoms with Gasteiger partial charge in [-0.05, 0) is 44.0 Å². The number of nitrogens with one attached hydrogen (secondary N) is 1. The minimum absolute atomic E-state index is 0.0236. The van der Waals surface area contributed by atoms with Gasteiger partial charge in [0.15, 0.2) is 0 Å². The first kappa shape index (κ1) is 23.3. The molecule has 29 heavy (non-hydrogen) atoms. The number of nitrogens with zero attached hydrogens (tertiary/aromatic N) is 2. The van der Waals surface area contributed by atoms with E-state index in [1.54, 1.807) is 6.92 Å². The van der Waals surface area contributed by atoms with Crippen molar-refractivity contribution in [3.63, 3.8) is 0 Å². The lowest BCUT2D eigenvalue weighted by Gasteiger charge is -2.33. The van der Waals surface area contributed by atoms with Gasteiger partial charge in [0.2, 0.25) is 15.9 Å². The van der Waals surface area contributed by atoms with Gasteiger partial charge in [-0.2, -0.15) is 4.31 Å². The first-order valence-corrected chi connectivity index (χ1v) is 11.5. The van der Waals surface area contributed by atoms with Crippen LogP contribution in [0.5, 0.6) is 0 Å². The topological polar surface area (TPSA) is 96.0 Å². The molecule has 0 unspecified atom stereocenters. The van der Waals surface area contributed by atoms with Crippen molar-refractivity contribution in [1.29, 1.82) is 0 Å². The number of sulfonamides is 1. The summed E-state index contributed by atoms with van der Waals surface area (Å²) in [5.41, 5.74) is 0.319. The number of hydrogen-bond donors (Lipinski definition) is 1. The predicted molar refractivity (Wildman–Crippen MR) is 110 cm³/mol. The summed E-state index contributed by atoms with van der Waals surface area (Å²) in [6, 6.07) is 5.96. The van der Waals surface area contributed by atoms with Crippen molar-refractivity contribution in [2.45, 2.75) is 44.6 Å². The maximum atomic E-state index is 12.9. The van der Waals surface area contributed by atoms with Crippen LogP contribution in [0.3, 0.4) is 0 Å². The summed E-state index contributed by atoms with van der Waals surface area (Å²) in [5, 5.41) is 3.00. The molecule has 1 fully saturated rings. The largest absolute Gasteiger partial charge is 0.462 e. The average Bonchev–Trinajstić information content (AvgIpc) is 2.72. The highest BCUT2D eigenvalue weighted by molar-refractivity contribution is 7.89. The molecular weight excluding hydrogens is 394 g/mol. The molecule has 162 valence electrons. The third-order valence-electron chi connectivity index (χ3n) is 5.05. The number of amides is 1. The van der Waals surface area contributed by atoms with E-state index in [0.29, 0.717) is 31.7 Å². The number of benzene rings is 1. The molecule has 0 spiro atoms. The van der Waals surface area contributed by atoms with Crippen LogP contribution in [-0.4, -0.2) is 74.9 Å². The van der Waals surface area contributed by atoms with E-state index < -0.39 is 16.0 Å². The van der Waals surface area contributed by atoms with Gasteiger partial charge in [0.1, 0.15) is 0 Å². The third kappa shape index (κ3) is 6.25. The molecule has 0 saturated carbocycles. The Morgan fingerprint density at radius 2 is 1.62 bits per heavy atom. The second-order valence-electron chi connectivity index (χ2n) is 7.01. The molecule has 1 aromatic carbocycles. The van der Waals surface area contributed by atoms with Crippen molar-refractivity contribution in [1.82, 2.24) is 14.5 Å². The van der Waals surface area contributed by atoms with Crippen LogP contribution >= 0.6 is 0 Å². The van der Waals surface area contributed by atoms with Crippen LogP contribution in [0.15, 0.2) is 29.2 Å². The van der Waals surface area contributed by atoms with Gasteiger partial charge in [0.05, 0.1) is 23.6 Å². The lowest BCUT2D eigenvalue weighted by molar-refractivity contribution is -0.123. The van der Waals surface area contributed by atoms with Gasteiger partial charge in [-0.15, -0.1) is 0 Å². The van der Waals surface area contributed by atoms with Crippen LogP contribution in [0.4, 0.5) is 0 Å². The first-order valence-electron chi connectivity index (χ1n) is 10.1. The van der Waals surface area contributed by atoms with Gasteiger partial charge in [-0.3, -0.25) is 9.69 Å². The summed E-state index contributed by atoms with van der Waals surface area (Å²) >= 11 is 0. The van der Waals surface area contributed by atoms with Crippen LogP contribution < -0.4 is 5.32 Å². The molecule has 0 radical (unpaired) electrons. The number of ether oxygens (including phenoxy) is 1. The van der Waals surface area contributed by atoms with Crippen molar-refractivity contribution in [3.05, 3.63) is 29.8 Å². The lowest BCUT2D eigenvalue weighted by atomic mass is 10.2. The fourth-order valence-corrected chi connectivity index (χ4v) is 4.65. The molecule has 0 atom stereocenters. The van der Waals surface area contributed by atoms with Gasteiger partial charge in [0, 0.05) is 32.2 Å². The van der Waals surface area contributed by atoms with Crippen LogP contribution in [0.25, 0.3) is 0 Å². The van der Waals surface area contributed by atoms with Crippen LogP contribution in [0.1, 0.15) is 44.0 Å². The molecule has 1 amide bonds. The van der Waals surface area contributed by atoms with E-state index in [4.69, 9.17) is 4.74 Å². The molecule has 1 aliphatic heterocycles. The minimum Gasteiger partial charge on any atom is -0.462 e. The molecule has 1 aliphatic rings. The van der Waals surface area contributed by atoms with E-state index in [9.17, 15) is 18.0 Å². The molecular formula is C20H31N3O5S. The smallest absolute Gasteiger partial charge is 0.338 e. The van der Waals surface area contributed by atoms with E-state index >= 15 is 0 Å². The number of rotatable bonds is 9. The second-order valence-corrected chi connectivity index (χ2v) is 8.94. The fourth-order valence-electron chi connectivity index (χ4n) is 3.22. The maximum absolute atomic E-state index is 12.9. The molecule has 0 bridgehead atoms. The Morgan fingerprint density at radius 1 is 1.03 bits per heavy atom. The molecule has 1 saturated heterocycles. The highest BCUT2D eigenvalue weighted by Gasteiger charge is 2.29. The average molecular weight is 426 g/mol. The lowest BCUT2D eigenvalue weighted by Crippen LogP contribution is -2.51. The van der Waals surface area contributed by atoms with Gasteiger partial charge in [-0.1, -0.05) is 13.8 Å². The molecule has 1 N–H and O–H groups in total. The zero-order chi connectivity index (χ0) is 21.4. The van der Waals surface area contributed by atoms with Gasteiger partial charge in [-0.25, -0.2) is 13.2 Å². The summed E-state index contributed by atoms with van der Waals surface area (Å²) < 4.78 is 32.0. The minimum atomic E-state index is -3.64. The summed E-state index contributed by atoms with van der Waals surface area (Å²) in [7, 11) is -3.64. The van der Waals surface area contributed by atoms with Gasteiger partial charge in [0.25, 0.3) is 0 Å². The van der Waals surface area contributed by atoms with Crippen LogP contribution in [0, 0.1) is 0 Å². The summed E-state index contributed by atoms with van der Waals surface area (Å²) in [6.07, 6.45) is 1.78. The molecule has 1 heterocycles. The Hall–Kier alpha value is -1.97. The van der Waals surface area contributed by atoms with Crippen LogP contribution in [-0.2, 0) is 19.6 Å². The maximum Gasteiger partial charge on any atom is 0.338 e. The monoisotopic (exact) mass is 425 g/mol. The van der Waals surface area contributed by atoms with Crippen molar-refractivity contribution >= 4 is 21.9 Å². The van der Waals surface area contributed by atoms with Gasteiger partial charge >= 0.3 is 5.97 Å². The number of carbonyl (C=O) groups is 2. The predicted octanol–water partition coefficient (Wildman–Crippen LogP) is 1.47. The van der Waals surface area contributed by atoms with E-state index in [1.165, 1.54) is 28.6 Å². The highest BCUT2D eigenvalue weighted by Crippen LogP contribution is 2.18. The Morgan fingerprint density at radius 3 is 2.14 bits per heavy atom. The Balaban J connectivity index is 1.92. The van der Waals surface area contributed by atoms with Crippen molar-refractivity contribution < 1.29 is 22.7 Å². The van der Waals surface area contributed by atoms with Crippen molar-refractivity contribution in [3.8, 4) is 0 Å². The normalized spacial score (nSPS) is 16.0. The van der Waals surface area contributed by atoms with E-state index in [2.05, 4.69) is 5.32 Å². The molecule has 9 heteroatoms. The fraction of sp³-hybridized carbons (Fsp3) is 0.600. The second kappa shape index (κ2) is 10.7. The molecule has 2 rings (SSSR count). The van der Waals surface area contributed by atoms with E-state index in [0.717, 1.165) is 12.8 Å². The number of piperazine rings is 1. The molecule has 8 nitrogen and oxygen atoms in total. The van der Waals surface area contributed by atoms with E-state index in [1.807, 2.05) is 18.7 Å². The molecule has 0 aromatic heterocycles. The zero-order valence-electron chi connectivity index (χ0n) is 17.4. The van der Waals surface area contributed by atoms with Gasteiger partial charge < -0.3 is 10.1 Å². The van der Waals surface area contributed by atoms with E-state index in [-0.39, 0.29) is 30.0 Å². The van der Waals surface area contributed by atoms with Crippen LogP contribution in [0.2, 0.25) is 0 Å². The first-order chi connectivity index (χ1) is 13.8. The number of carbonyl (C=O) groups excluding carboxylic acids is 2. The third-order valence-corrected chi connectivity index (χ3v) is 6.97. The SMILES string of the molecule is CCOC(=O)c1ccc(S(=O)(=O)N2CCN(CC(=O)NC(CC)CC)CC2)cc1. The van der Waals surface area contributed by atoms with Crippen molar-refractivity contribution in [2.75, 3.05) is 39.3 Å². The highest BCUT2D eigenvalue weighted by atomic mass is 32.2. The summed E-state index contributed by atoms with van der Waals surface area (Å²) in [4.78, 5) is 26.0. The zero-order valence-corrected chi connectivity index (χ0v) is 18.2. The summed E-state index contributed by atoms with van der Waals surface area (Å²) in [5.74, 6) is -0.499. The van der Waals surface area contributed by atoms with Crippen molar-refractivity contribution in [2.24, 2.45) is 0 Å². The Labute approximate surface area is 173 Å². The Kier molecular flexibility index (Phi) is 8.60. The quantitative estimate of drug-likeness (QED) is 0.602.